The second-order valence-corrected chi connectivity index (χ2v) is 6.91. The smallest absolute Gasteiger partial charge is 0.222 e. The fraction of sp³-hybridized carbons (Fsp3) is 0.938. The molecular formula is C16H31N3O2. The van der Waals surface area contributed by atoms with Crippen LogP contribution in [0.2, 0.25) is 0 Å². The first kappa shape index (κ1) is 16.7. The standard InChI is InChI=1S/C16H31N3O2/c1-17(12-15-3-4-16(21)18(2)13-15)11-14-5-7-19(8-6-14)9-10-20/h14-15,20H,3-13H2,1-2H3. The fourth-order valence-electron chi connectivity index (χ4n) is 3.74. The van der Waals surface area contributed by atoms with Crippen molar-refractivity contribution in [3.63, 3.8) is 0 Å². The summed E-state index contributed by atoms with van der Waals surface area (Å²) >= 11 is 0. The van der Waals surface area contributed by atoms with Gasteiger partial charge in [0.25, 0.3) is 0 Å². The van der Waals surface area contributed by atoms with Crippen LogP contribution in [0.4, 0.5) is 0 Å². The largest absolute Gasteiger partial charge is 0.395 e. The number of carbonyl (C=O) groups excluding carboxylic acids is 1. The number of piperidine rings is 2. The van der Waals surface area contributed by atoms with Crippen molar-refractivity contribution in [2.24, 2.45) is 11.8 Å². The second kappa shape index (κ2) is 8.11. The highest BCUT2D eigenvalue weighted by atomic mass is 16.3. The van der Waals surface area contributed by atoms with Crippen molar-refractivity contribution < 1.29 is 9.90 Å². The number of aliphatic hydroxyl groups is 1. The molecule has 122 valence electrons. The van der Waals surface area contributed by atoms with Gasteiger partial charge in [-0.1, -0.05) is 0 Å². The first-order valence-electron chi connectivity index (χ1n) is 8.34. The number of carbonyl (C=O) groups is 1. The lowest BCUT2D eigenvalue weighted by atomic mass is 9.94. The predicted octanol–water partition coefficient (Wildman–Crippen LogP) is 0.491. The maximum absolute atomic E-state index is 11.5. The Balaban J connectivity index is 1.66. The molecule has 0 aliphatic carbocycles. The third-order valence-corrected chi connectivity index (χ3v) is 4.99. The lowest BCUT2D eigenvalue weighted by Crippen LogP contribution is -2.43. The Kier molecular flexibility index (Phi) is 6.45. The molecule has 0 aromatic carbocycles. The Morgan fingerprint density at radius 1 is 1.19 bits per heavy atom. The van der Waals surface area contributed by atoms with Crippen molar-refractivity contribution in [1.29, 1.82) is 0 Å². The molecule has 0 saturated carbocycles. The van der Waals surface area contributed by atoms with Gasteiger partial charge in [0, 0.05) is 39.6 Å². The zero-order chi connectivity index (χ0) is 15.2. The van der Waals surface area contributed by atoms with E-state index in [1.807, 2.05) is 11.9 Å². The van der Waals surface area contributed by atoms with Crippen molar-refractivity contribution in [2.75, 3.05) is 60.0 Å². The van der Waals surface area contributed by atoms with Gasteiger partial charge >= 0.3 is 0 Å². The lowest BCUT2D eigenvalue weighted by Gasteiger charge is -2.36. The monoisotopic (exact) mass is 297 g/mol. The Hall–Kier alpha value is -0.650. The molecule has 0 aromatic heterocycles. The highest BCUT2D eigenvalue weighted by Gasteiger charge is 2.25. The van der Waals surface area contributed by atoms with Crippen LogP contribution >= 0.6 is 0 Å². The highest BCUT2D eigenvalue weighted by molar-refractivity contribution is 5.76. The van der Waals surface area contributed by atoms with Crippen LogP contribution < -0.4 is 0 Å². The van der Waals surface area contributed by atoms with Gasteiger partial charge in [0.05, 0.1) is 6.61 Å². The summed E-state index contributed by atoms with van der Waals surface area (Å²) in [4.78, 5) is 18.2. The van der Waals surface area contributed by atoms with E-state index in [4.69, 9.17) is 5.11 Å². The molecule has 2 rings (SSSR count). The van der Waals surface area contributed by atoms with Gasteiger partial charge in [0.2, 0.25) is 5.91 Å². The van der Waals surface area contributed by atoms with Crippen LogP contribution in [0.15, 0.2) is 0 Å². The minimum atomic E-state index is 0.276. The quantitative estimate of drug-likeness (QED) is 0.775. The Morgan fingerprint density at radius 2 is 1.86 bits per heavy atom. The molecule has 0 aromatic rings. The predicted molar refractivity (Wildman–Crippen MR) is 84.1 cm³/mol. The summed E-state index contributed by atoms with van der Waals surface area (Å²) in [5.74, 6) is 1.71. The van der Waals surface area contributed by atoms with E-state index in [0.29, 0.717) is 18.2 Å². The number of nitrogens with zero attached hydrogens (tertiary/aromatic N) is 3. The molecule has 0 bridgehead atoms. The van der Waals surface area contributed by atoms with Crippen molar-refractivity contribution in [3.8, 4) is 0 Å². The number of likely N-dealkylation sites (tertiary alicyclic amines) is 2. The molecule has 1 unspecified atom stereocenters. The summed E-state index contributed by atoms with van der Waals surface area (Å²) in [6.45, 7) is 6.54. The van der Waals surface area contributed by atoms with Crippen LogP contribution in [0, 0.1) is 11.8 Å². The number of β-amino-alcohol motifs (C(OH)–C–C–N with tert-alkyl or cyclic N) is 1. The Morgan fingerprint density at radius 3 is 2.48 bits per heavy atom. The summed E-state index contributed by atoms with van der Waals surface area (Å²) in [5, 5.41) is 8.97. The van der Waals surface area contributed by atoms with E-state index in [9.17, 15) is 4.79 Å². The third kappa shape index (κ3) is 5.24. The van der Waals surface area contributed by atoms with Crippen LogP contribution in [-0.4, -0.2) is 85.7 Å². The summed E-state index contributed by atoms with van der Waals surface area (Å²) in [6, 6.07) is 0. The molecule has 0 radical (unpaired) electrons. The first-order valence-corrected chi connectivity index (χ1v) is 8.34. The molecule has 5 nitrogen and oxygen atoms in total. The van der Waals surface area contributed by atoms with Gasteiger partial charge in [0.15, 0.2) is 0 Å². The summed E-state index contributed by atoms with van der Waals surface area (Å²) in [7, 11) is 4.14. The van der Waals surface area contributed by atoms with E-state index in [0.717, 1.165) is 45.1 Å². The number of hydrogen-bond donors (Lipinski definition) is 1. The van der Waals surface area contributed by atoms with E-state index < -0.39 is 0 Å². The molecule has 21 heavy (non-hydrogen) atoms. The van der Waals surface area contributed by atoms with Crippen molar-refractivity contribution in [2.45, 2.75) is 25.7 Å². The van der Waals surface area contributed by atoms with Crippen molar-refractivity contribution in [3.05, 3.63) is 0 Å². The molecule has 1 amide bonds. The number of hydrogen-bond acceptors (Lipinski definition) is 4. The Labute approximate surface area is 128 Å². The van der Waals surface area contributed by atoms with Gasteiger partial charge in [-0.05, 0) is 51.2 Å². The minimum Gasteiger partial charge on any atom is -0.395 e. The van der Waals surface area contributed by atoms with Crippen molar-refractivity contribution >= 4 is 5.91 Å². The highest BCUT2D eigenvalue weighted by Crippen LogP contribution is 2.20. The molecular weight excluding hydrogens is 266 g/mol. The van der Waals surface area contributed by atoms with Crippen molar-refractivity contribution in [1.82, 2.24) is 14.7 Å². The Bertz CT molecular complexity index is 329. The lowest BCUT2D eigenvalue weighted by molar-refractivity contribution is -0.133. The summed E-state index contributed by atoms with van der Waals surface area (Å²) in [5.41, 5.74) is 0. The third-order valence-electron chi connectivity index (χ3n) is 4.99. The topological polar surface area (TPSA) is 47.0 Å². The van der Waals surface area contributed by atoms with Gasteiger partial charge in [-0.3, -0.25) is 4.79 Å². The van der Waals surface area contributed by atoms with Crippen LogP contribution in [0.3, 0.4) is 0 Å². The summed E-state index contributed by atoms with van der Waals surface area (Å²) in [6.07, 6.45) is 4.25. The second-order valence-electron chi connectivity index (χ2n) is 6.91. The molecule has 1 N–H and O–H groups in total. The molecule has 0 spiro atoms. The normalized spacial score (nSPS) is 25.8. The molecule has 2 aliphatic heterocycles. The number of rotatable bonds is 6. The SMILES string of the molecule is CN(CC1CCN(CCO)CC1)CC1CCC(=O)N(C)C1. The maximum Gasteiger partial charge on any atom is 0.222 e. The van der Waals surface area contributed by atoms with Crippen LogP contribution in [0.25, 0.3) is 0 Å². The fourth-order valence-corrected chi connectivity index (χ4v) is 3.74. The van der Waals surface area contributed by atoms with Crippen LogP contribution in [-0.2, 0) is 4.79 Å². The van der Waals surface area contributed by atoms with Gasteiger partial charge in [-0.15, -0.1) is 0 Å². The van der Waals surface area contributed by atoms with Crippen LogP contribution in [0.1, 0.15) is 25.7 Å². The molecule has 2 fully saturated rings. The van der Waals surface area contributed by atoms with Gasteiger partial charge in [-0.2, -0.15) is 0 Å². The average Bonchev–Trinajstić information content (AvgIpc) is 2.45. The van der Waals surface area contributed by atoms with Crippen LogP contribution in [0.5, 0.6) is 0 Å². The minimum absolute atomic E-state index is 0.276. The molecule has 2 saturated heterocycles. The molecule has 2 aliphatic rings. The number of aliphatic hydroxyl groups excluding tert-OH is 1. The maximum atomic E-state index is 11.5. The van der Waals surface area contributed by atoms with Gasteiger partial charge < -0.3 is 19.8 Å². The van der Waals surface area contributed by atoms with E-state index in [-0.39, 0.29) is 6.61 Å². The number of amides is 1. The molecule has 2 heterocycles. The van der Waals surface area contributed by atoms with E-state index in [1.54, 1.807) is 0 Å². The molecule has 5 heteroatoms. The zero-order valence-electron chi connectivity index (χ0n) is 13.6. The summed E-state index contributed by atoms with van der Waals surface area (Å²) < 4.78 is 0. The van der Waals surface area contributed by atoms with Gasteiger partial charge in [0.1, 0.15) is 0 Å². The van der Waals surface area contributed by atoms with Gasteiger partial charge in [-0.25, -0.2) is 0 Å². The van der Waals surface area contributed by atoms with E-state index in [2.05, 4.69) is 16.8 Å². The first-order chi connectivity index (χ1) is 10.1. The van der Waals surface area contributed by atoms with E-state index in [1.165, 1.54) is 19.4 Å². The molecule has 1 atom stereocenters. The zero-order valence-corrected chi connectivity index (χ0v) is 13.6. The average molecular weight is 297 g/mol. The van der Waals surface area contributed by atoms with E-state index >= 15 is 0 Å².